The molecule has 27 valence electrons. The quantitative estimate of drug-likeness (QED) is 0.524. The van der Waals surface area contributed by atoms with Crippen LogP contribution >= 0.6 is 0 Å². The number of hydrogen-bond donors (Lipinski definition) is 0. The smallest absolute Gasteiger partial charge is 0 e. The second-order valence-electron chi connectivity index (χ2n) is 0. The Labute approximate surface area is 62.6 Å². The molecule has 0 aliphatic heterocycles. The van der Waals surface area contributed by atoms with E-state index in [2.05, 4.69) is 0 Å². The normalized spacial score (nSPS) is 0. The summed E-state index contributed by atoms with van der Waals surface area (Å²) in [6.45, 7) is 0. The molecule has 0 aliphatic rings. The zero-order chi connectivity index (χ0) is 0. The van der Waals surface area contributed by atoms with Crippen molar-refractivity contribution in [2.75, 3.05) is 0 Å². The van der Waals surface area contributed by atoms with Crippen LogP contribution < -0.4 is 0 Å². The molecule has 0 unspecified atom stereocenters. The summed E-state index contributed by atoms with van der Waals surface area (Å²) in [5, 5.41) is 0. The van der Waals surface area contributed by atoms with Gasteiger partial charge in [0.15, 0.2) is 0 Å². The summed E-state index contributed by atoms with van der Waals surface area (Å²) in [5.41, 5.74) is 0. The maximum absolute atomic E-state index is 0. The van der Waals surface area contributed by atoms with Crippen molar-refractivity contribution in [1.82, 2.24) is 0 Å². The molecule has 0 aromatic rings. The van der Waals surface area contributed by atoms with Crippen LogP contribution in [0.3, 0.4) is 0 Å². The molecule has 0 saturated carbocycles. The molecule has 3 heteroatoms. The number of hydrogen-bond acceptors (Lipinski definition) is 0. The van der Waals surface area contributed by atoms with Crippen LogP contribution in [0.25, 0.3) is 0 Å². The minimum Gasteiger partial charge on any atom is -0.0776 e. The van der Waals surface area contributed by atoms with Gasteiger partial charge >= 0.3 is 0 Å². The van der Waals surface area contributed by atoms with Gasteiger partial charge in [0.2, 0.25) is 0 Å². The fraction of sp³-hybridized carbons (Fsp3) is 1.00. The Morgan fingerprint density at radius 3 is 1.00 bits per heavy atom. The predicted molar refractivity (Wildman–Crippen MR) is 6.73 cm³/mol. The Hall–Kier alpha value is 1.74. The van der Waals surface area contributed by atoms with Crippen molar-refractivity contribution in [2.45, 2.75) is 7.43 Å². The Morgan fingerprint density at radius 1 is 1.00 bits per heavy atom. The van der Waals surface area contributed by atoms with Gasteiger partial charge in [-0.3, -0.25) is 0 Å². The average Bonchev–Trinajstić information content (AvgIpc) is 0. The van der Waals surface area contributed by atoms with Crippen LogP contribution in [0.5, 0.6) is 0 Å². The minimum absolute atomic E-state index is 0. The third-order valence-electron chi connectivity index (χ3n) is 0. The molecule has 0 spiro atoms. The molecule has 0 amide bonds. The van der Waals surface area contributed by atoms with E-state index in [1.807, 2.05) is 0 Å². The molecule has 4 heavy (non-hydrogen) atoms. The van der Waals surface area contributed by atoms with E-state index in [-0.39, 0.29) is 62.9 Å². The van der Waals surface area contributed by atoms with Crippen molar-refractivity contribution in [2.24, 2.45) is 0 Å². The monoisotopic (exact) mass is 221 g/mol. The summed E-state index contributed by atoms with van der Waals surface area (Å²) in [4.78, 5) is 0. The molecule has 0 aromatic heterocycles. The topological polar surface area (TPSA) is 0 Å². The van der Waals surface area contributed by atoms with Crippen LogP contribution in [-0.4, -0.2) is 0 Å². The zero-order valence-corrected chi connectivity index (χ0v) is 5.66. The van der Waals surface area contributed by atoms with Crippen LogP contribution in [0.15, 0.2) is 0 Å². The standard InChI is InChI=1S/CH4.Cr.Mn.Mo/h1H4;;;. The Balaban J connectivity index is 0. The third-order valence-corrected chi connectivity index (χ3v) is 0. The van der Waals surface area contributed by atoms with E-state index in [1.165, 1.54) is 0 Å². The second kappa shape index (κ2) is 21.9. The van der Waals surface area contributed by atoms with Gasteiger partial charge in [-0.25, -0.2) is 0 Å². The van der Waals surface area contributed by atoms with Gasteiger partial charge < -0.3 is 0 Å². The molecule has 0 bridgehead atoms. The maximum atomic E-state index is 0. The third kappa shape index (κ3) is 9.27. The van der Waals surface area contributed by atoms with Crippen LogP contribution in [0.1, 0.15) is 7.43 Å². The van der Waals surface area contributed by atoms with Gasteiger partial charge in [0, 0.05) is 55.5 Å². The first-order valence-corrected chi connectivity index (χ1v) is 0. The second-order valence-corrected chi connectivity index (χ2v) is 0. The average molecular weight is 219 g/mol. The maximum Gasteiger partial charge on any atom is 0 e. The van der Waals surface area contributed by atoms with Gasteiger partial charge in [-0.2, -0.15) is 0 Å². The van der Waals surface area contributed by atoms with Crippen LogP contribution in [0.2, 0.25) is 0 Å². The van der Waals surface area contributed by atoms with Gasteiger partial charge in [0.25, 0.3) is 0 Å². The summed E-state index contributed by atoms with van der Waals surface area (Å²) < 4.78 is 0. The molecule has 0 fully saturated rings. The fourth-order valence-corrected chi connectivity index (χ4v) is 0. The molecule has 1 radical (unpaired) electrons. The molecular weight excluding hydrogens is 215 g/mol. The van der Waals surface area contributed by atoms with Crippen molar-refractivity contribution >= 4 is 0 Å². The summed E-state index contributed by atoms with van der Waals surface area (Å²) >= 11 is 0. The first-order valence-electron chi connectivity index (χ1n) is 0. The summed E-state index contributed by atoms with van der Waals surface area (Å²) in [6, 6.07) is 0. The van der Waals surface area contributed by atoms with E-state index in [9.17, 15) is 0 Å². The Bertz CT molecular complexity index is 8.00. The van der Waals surface area contributed by atoms with E-state index < -0.39 is 0 Å². The predicted octanol–water partition coefficient (Wildman–Crippen LogP) is 0.629. The molecule has 0 N–H and O–H groups in total. The van der Waals surface area contributed by atoms with E-state index in [0.717, 1.165) is 0 Å². The van der Waals surface area contributed by atoms with E-state index in [4.69, 9.17) is 0 Å². The van der Waals surface area contributed by atoms with Gasteiger partial charge in [0.05, 0.1) is 0 Å². The van der Waals surface area contributed by atoms with Crippen molar-refractivity contribution in [3.05, 3.63) is 0 Å². The molecule has 0 aliphatic carbocycles. The molecule has 0 saturated heterocycles. The van der Waals surface area contributed by atoms with Crippen molar-refractivity contribution in [3.8, 4) is 0 Å². The van der Waals surface area contributed by atoms with E-state index in [0.29, 0.717) is 0 Å². The Morgan fingerprint density at radius 2 is 1.00 bits per heavy atom. The molecule has 0 nitrogen and oxygen atoms in total. The summed E-state index contributed by atoms with van der Waals surface area (Å²) in [5.74, 6) is 0. The molecule has 0 atom stereocenters. The SMILES string of the molecule is C.[Cr].[Mn].[Mo]. The van der Waals surface area contributed by atoms with Crippen molar-refractivity contribution < 1.29 is 55.5 Å². The van der Waals surface area contributed by atoms with Crippen molar-refractivity contribution in [3.63, 3.8) is 0 Å². The van der Waals surface area contributed by atoms with Crippen LogP contribution in [0, 0.1) is 0 Å². The summed E-state index contributed by atoms with van der Waals surface area (Å²) in [7, 11) is 0. The van der Waals surface area contributed by atoms with E-state index >= 15 is 0 Å². The Kier molecular flexibility index (Phi) is 233. The largest absolute Gasteiger partial charge is 0.0776 e. The fourth-order valence-electron chi connectivity index (χ4n) is 0. The van der Waals surface area contributed by atoms with Gasteiger partial charge in [-0.15, -0.1) is 0 Å². The van der Waals surface area contributed by atoms with Gasteiger partial charge in [0.1, 0.15) is 0 Å². The first-order chi connectivity index (χ1) is 0. The molecule has 0 heterocycles. The molecule has 0 rings (SSSR count). The first kappa shape index (κ1) is 42.6. The molecular formula is CH4CrMnMo. The zero-order valence-electron chi connectivity index (χ0n) is 1.19. The summed E-state index contributed by atoms with van der Waals surface area (Å²) in [6.07, 6.45) is 0. The van der Waals surface area contributed by atoms with Crippen LogP contribution in [0.4, 0.5) is 0 Å². The van der Waals surface area contributed by atoms with Gasteiger partial charge in [-0.05, 0) is 0 Å². The van der Waals surface area contributed by atoms with Crippen molar-refractivity contribution in [1.29, 1.82) is 0 Å². The van der Waals surface area contributed by atoms with E-state index in [1.54, 1.807) is 0 Å². The number of rotatable bonds is 0. The van der Waals surface area contributed by atoms with Crippen LogP contribution in [-0.2, 0) is 55.5 Å². The molecule has 0 aromatic carbocycles. The van der Waals surface area contributed by atoms with Gasteiger partial charge in [-0.1, -0.05) is 7.43 Å². The minimum atomic E-state index is 0.